The minimum Gasteiger partial charge on any atom is -0.452 e. The number of benzene rings is 1. The molecule has 8 heteroatoms. The number of ether oxygens (including phenoxy) is 1. The minimum atomic E-state index is -0.698. The topological polar surface area (TPSA) is 102 Å². The Bertz CT molecular complexity index is 756. The molecule has 138 valence electrons. The maximum absolute atomic E-state index is 12.0. The summed E-state index contributed by atoms with van der Waals surface area (Å²) < 4.78 is 6.50. The van der Waals surface area contributed by atoms with E-state index in [9.17, 15) is 14.4 Å². The summed E-state index contributed by atoms with van der Waals surface area (Å²) in [7, 11) is 0. The standard InChI is InChI=1S/C18H22N4O4/c1-13(2)8-19-18(25)21-16(23)12-26-17(24)15-9-20-22(11-15)10-14-6-4-3-5-7-14/h3-7,9,11,13H,8,10,12H2,1-2H3,(H2,19,21,23,25). The van der Waals surface area contributed by atoms with Gasteiger partial charge in [0.15, 0.2) is 6.61 Å². The van der Waals surface area contributed by atoms with Crippen molar-refractivity contribution in [2.24, 2.45) is 5.92 Å². The Hall–Kier alpha value is -3.16. The van der Waals surface area contributed by atoms with Gasteiger partial charge in [-0.3, -0.25) is 14.8 Å². The van der Waals surface area contributed by atoms with Crippen LogP contribution in [0, 0.1) is 5.92 Å². The number of imide groups is 1. The molecule has 0 aliphatic carbocycles. The third-order valence-electron chi connectivity index (χ3n) is 3.31. The van der Waals surface area contributed by atoms with Crippen molar-refractivity contribution in [2.45, 2.75) is 20.4 Å². The summed E-state index contributed by atoms with van der Waals surface area (Å²) in [6.45, 7) is 4.28. The number of carbonyl (C=O) groups excluding carboxylic acids is 3. The van der Waals surface area contributed by atoms with Crippen molar-refractivity contribution in [3.63, 3.8) is 0 Å². The van der Waals surface area contributed by atoms with E-state index in [-0.39, 0.29) is 11.5 Å². The molecule has 2 aromatic rings. The van der Waals surface area contributed by atoms with Gasteiger partial charge >= 0.3 is 12.0 Å². The lowest BCUT2D eigenvalue weighted by molar-refractivity contribution is -0.123. The van der Waals surface area contributed by atoms with Gasteiger partial charge in [-0.05, 0) is 11.5 Å². The highest BCUT2D eigenvalue weighted by atomic mass is 16.5. The maximum atomic E-state index is 12.0. The molecule has 8 nitrogen and oxygen atoms in total. The highest BCUT2D eigenvalue weighted by molar-refractivity contribution is 5.96. The SMILES string of the molecule is CC(C)CNC(=O)NC(=O)COC(=O)c1cnn(Cc2ccccc2)c1. The van der Waals surface area contributed by atoms with E-state index in [0.717, 1.165) is 5.56 Å². The van der Waals surface area contributed by atoms with Gasteiger partial charge in [0.2, 0.25) is 0 Å². The summed E-state index contributed by atoms with van der Waals surface area (Å²) in [6.07, 6.45) is 2.92. The van der Waals surface area contributed by atoms with Gasteiger partial charge in [0.05, 0.1) is 18.3 Å². The van der Waals surface area contributed by atoms with Gasteiger partial charge in [-0.1, -0.05) is 44.2 Å². The highest BCUT2D eigenvalue weighted by Crippen LogP contribution is 2.05. The Labute approximate surface area is 151 Å². The van der Waals surface area contributed by atoms with Crippen molar-refractivity contribution in [3.05, 3.63) is 53.9 Å². The van der Waals surface area contributed by atoms with E-state index in [2.05, 4.69) is 15.7 Å². The molecule has 2 N–H and O–H groups in total. The lowest BCUT2D eigenvalue weighted by atomic mass is 10.2. The van der Waals surface area contributed by atoms with Crippen LogP contribution >= 0.6 is 0 Å². The van der Waals surface area contributed by atoms with Crippen LogP contribution in [0.15, 0.2) is 42.7 Å². The molecule has 0 radical (unpaired) electrons. The van der Waals surface area contributed by atoms with Crippen molar-refractivity contribution >= 4 is 17.9 Å². The number of carbonyl (C=O) groups is 3. The molecule has 0 bridgehead atoms. The zero-order valence-electron chi connectivity index (χ0n) is 14.8. The fourth-order valence-corrected chi connectivity index (χ4v) is 2.04. The number of hydrogen-bond acceptors (Lipinski definition) is 5. The van der Waals surface area contributed by atoms with Gasteiger partial charge < -0.3 is 10.1 Å². The van der Waals surface area contributed by atoms with Crippen molar-refractivity contribution in [1.29, 1.82) is 0 Å². The normalized spacial score (nSPS) is 10.4. The molecule has 2 rings (SSSR count). The summed E-state index contributed by atoms with van der Waals surface area (Å²) in [4.78, 5) is 35.0. The van der Waals surface area contributed by atoms with Crippen molar-refractivity contribution in [1.82, 2.24) is 20.4 Å². The van der Waals surface area contributed by atoms with Crippen molar-refractivity contribution in [3.8, 4) is 0 Å². The first-order valence-corrected chi connectivity index (χ1v) is 8.25. The lowest BCUT2D eigenvalue weighted by Crippen LogP contribution is -2.42. The van der Waals surface area contributed by atoms with Crippen LogP contribution in [0.5, 0.6) is 0 Å². The van der Waals surface area contributed by atoms with Crippen LogP contribution in [0.1, 0.15) is 29.8 Å². The van der Waals surface area contributed by atoms with E-state index in [0.29, 0.717) is 13.1 Å². The number of aromatic nitrogens is 2. The molecule has 1 aromatic heterocycles. The number of nitrogens with zero attached hydrogens (tertiary/aromatic N) is 2. The van der Waals surface area contributed by atoms with E-state index in [1.165, 1.54) is 6.20 Å². The van der Waals surface area contributed by atoms with Crippen molar-refractivity contribution < 1.29 is 19.1 Å². The van der Waals surface area contributed by atoms with Gasteiger partial charge in [0, 0.05) is 12.7 Å². The molecule has 0 aliphatic rings. The molecule has 0 aliphatic heterocycles. The molecule has 1 heterocycles. The van der Waals surface area contributed by atoms with Crippen LogP contribution in [-0.4, -0.2) is 40.8 Å². The Kier molecular flexibility index (Phi) is 6.90. The predicted molar refractivity (Wildman–Crippen MR) is 94.4 cm³/mol. The van der Waals surface area contributed by atoms with Crippen LogP contribution in [0.3, 0.4) is 0 Å². The fraction of sp³-hybridized carbons (Fsp3) is 0.333. The molecular formula is C18H22N4O4. The van der Waals surface area contributed by atoms with Crippen LogP contribution in [0.25, 0.3) is 0 Å². The summed E-state index contributed by atoms with van der Waals surface area (Å²) in [6, 6.07) is 9.05. The van der Waals surface area contributed by atoms with Gasteiger partial charge in [0.1, 0.15) is 0 Å². The second kappa shape index (κ2) is 9.36. The average Bonchev–Trinajstić information content (AvgIpc) is 3.07. The summed E-state index contributed by atoms with van der Waals surface area (Å²) in [5, 5.41) is 8.73. The quantitative estimate of drug-likeness (QED) is 0.732. The largest absolute Gasteiger partial charge is 0.452 e. The van der Waals surface area contributed by atoms with E-state index >= 15 is 0 Å². The number of urea groups is 1. The smallest absolute Gasteiger partial charge is 0.341 e. The molecular weight excluding hydrogens is 336 g/mol. The minimum absolute atomic E-state index is 0.234. The van der Waals surface area contributed by atoms with Gasteiger partial charge in [-0.25, -0.2) is 9.59 Å². The number of hydrogen-bond donors (Lipinski definition) is 2. The monoisotopic (exact) mass is 358 g/mol. The molecule has 0 atom stereocenters. The third-order valence-corrected chi connectivity index (χ3v) is 3.31. The first kappa shape index (κ1) is 19.2. The van der Waals surface area contributed by atoms with Crippen LogP contribution < -0.4 is 10.6 Å². The second-order valence-electron chi connectivity index (χ2n) is 6.14. The van der Waals surface area contributed by atoms with E-state index in [4.69, 9.17) is 4.74 Å². The molecule has 0 unspecified atom stereocenters. The summed E-state index contributed by atoms with van der Waals surface area (Å²) >= 11 is 0. The average molecular weight is 358 g/mol. The molecule has 1 aromatic carbocycles. The number of esters is 1. The zero-order valence-corrected chi connectivity index (χ0v) is 14.8. The Morgan fingerprint density at radius 2 is 1.92 bits per heavy atom. The number of rotatable bonds is 7. The first-order valence-electron chi connectivity index (χ1n) is 8.25. The third kappa shape index (κ3) is 6.39. The van der Waals surface area contributed by atoms with Gasteiger partial charge in [-0.15, -0.1) is 0 Å². The summed E-state index contributed by atoms with van der Waals surface area (Å²) in [5.74, 6) is -1.11. The first-order chi connectivity index (χ1) is 12.4. The molecule has 26 heavy (non-hydrogen) atoms. The number of nitrogens with one attached hydrogen (secondary N) is 2. The predicted octanol–water partition coefficient (Wildman–Crippen LogP) is 1.57. The molecule has 3 amide bonds. The van der Waals surface area contributed by atoms with Gasteiger partial charge in [0.25, 0.3) is 5.91 Å². The second-order valence-corrected chi connectivity index (χ2v) is 6.14. The summed E-state index contributed by atoms with van der Waals surface area (Å²) in [5.41, 5.74) is 1.28. The molecule has 0 saturated heterocycles. The van der Waals surface area contributed by atoms with Gasteiger partial charge in [-0.2, -0.15) is 5.10 Å². The zero-order chi connectivity index (χ0) is 18.9. The Balaban J connectivity index is 1.77. The van der Waals surface area contributed by atoms with Crippen LogP contribution in [-0.2, 0) is 16.1 Å². The fourth-order valence-electron chi connectivity index (χ4n) is 2.04. The Morgan fingerprint density at radius 3 is 2.62 bits per heavy atom. The van der Waals surface area contributed by atoms with Crippen LogP contribution in [0.4, 0.5) is 4.79 Å². The maximum Gasteiger partial charge on any atom is 0.341 e. The lowest BCUT2D eigenvalue weighted by Gasteiger charge is -2.08. The molecule has 0 saturated carbocycles. The van der Waals surface area contributed by atoms with Crippen molar-refractivity contribution in [2.75, 3.05) is 13.2 Å². The number of amides is 3. The molecule has 0 spiro atoms. The molecule has 0 fully saturated rings. The van der Waals surface area contributed by atoms with E-state index in [1.807, 2.05) is 44.2 Å². The van der Waals surface area contributed by atoms with E-state index in [1.54, 1.807) is 10.9 Å². The Morgan fingerprint density at radius 1 is 1.19 bits per heavy atom. The van der Waals surface area contributed by atoms with Crippen LogP contribution in [0.2, 0.25) is 0 Å². The van der Waals surface area contributed by atoms with E-state index < -0.39 is 24.5 Å². The highest BCUT2D eigenvalue weighted by Gasteiger charge is 2.14.